The van der Waals surface area contributed by atoms with Crippen LogP contribution in [0.15, 0.2) is 89.4 Å². The van der Waals surface area contributed by atoms with Gasteiger partial charge in [0.1, 0.15) is 6.61 Å². The summed E-state index contributed by atoms with van der Waals surface area (Å²) in [5.41, 5.74) is 6.42. The Bertz CT molecular complexity index is 951. The zero-order valence-corrected chi connectivity index (χ0v) is 18.2. The number of amides is 1. The number of hydrogen-bond acceptors (Lipinski definition) is 4. The second-order valence-electron chi connectivity index (χ2n) is 7.17. The molecule has 1 N–H and O–H groups in total. The number of nitrogens with zero attached hydrogens (tertiary/aromatic N) is 2. The number of anilines is 1. The molecular weight excluding hydrogens is 442 g/mol. The smallest absolute Gasteiger partial charge is 0.270 e. The minimum Gasteiger partial charge on any atom is -0.294 e. The van der Waals surface area contributed by atoms with E-state index < -0.39 is 0 Å². The lowest BCUT2D eigenvalue weighted by atomic mass is 10.1. The van der Waals surface area contributed by atoms with E-state index >= 15 is 0 Å². The fourth-order valence-corrected chi connectivity index (χ4v) is 3.80. The molecule has 1 unspecified atom stereocenters. The molecule has 0 bridgehead atoms. The molecule has 1 atom stereocenters. The summed E-state index contributed by atoms with van der Waals surface area (Å²) in [6, 6.07) is 28.1. The molecule has 0 radical (unpaired) electrons. The zero-order valence-electron chi connectivity index (χ0n) is 16.6. The molecule has 1 aliphatic heterocycles. The summed E-state index contributed by atoms with van der Waals surface area (Å²) < 4.78 is 0.993. The molecule has 0 spiro atoms. The maximum atomic E-state index is 12.8. The van der Waals surface area contributed by atoms with Crippen molar-refractivity contribution in [2.75, 3.05) is 18.6 Å². The number of para-hydroxylation sites is 1. The van der Waals surface area contributed by atoms with Crippen LogP contribution in [0.5, 0.6) is 0 Å². The number of carbonyl (C=O) groups is 1. The van der Waals surface area contributed by atoms with Gasteiger partial charge in [0.15, 0.2) is 6.17 Å². The minimum absolute atomic E-state index is 0.0121. The third-order valence-electron chi connectivity index (χ3n) is 5.02. The topological polar surface area (TPSA) is 44.8 Å². The highest BCUT2D eigenvalue weighted by atomic mass is 79.9. The lowest BCUT2D eigenvalue weighted by Gasteiger charge is -2.43. The van der Waals surface area contributed by atoms with Gasteiger partial charge in [-0.1, -0.05) is 76.6 Å². The SMILES string of the molecule is O=C1CON(CCCc2ccccc2)C(c2ccc(Br)cc2)N1Nc1ccccc1. The molecule has 3 aromatic carbocycles. The Morgan fingerprint density at radius 1 is 0.933 bits per heavy atom. The molecule has 0 aromatic heterocycles. The summed E-state index contributed by atoms with van der Waals surface area (Å²) in [6.45, 7) is 0.716. The highest BCUT2D eigenvalue weighted by Crippen LogP contribution is 2.31. The van der Waals surface area contributed by atoms with Gasteiger partial charge in [-0.05, 0) is 48.2 Å². The van der Waals surface area contributed by atoms with Gasteiger partial charge in [-0.2, -0.15) is 5.06 Å². The molecule has 1 fully saturated rings. The van der Waals surface area contributed by atoms with Crippen LogP contribution in [0.2, 0.25) is 0 Å². The van der Waals surface area contributed by atoms with E-state index in [1.54, 1.807) is 5.01 Å². The third kappa shape index (κ3) is 5.08. The molecule has 4 rings (SSSR count). The van der Waals surface area contributed by atoms with E-state index in [1.807, 2.05) is 65.7 Å². The number of halogens is 1. The predicted octanol–water partition coefficient (Wildman–Crippen LogP) is 5.18. The van der Waals surface area contributed by atoms with Gasteiger partial charge >= 0.3 is 0 Å². The summed E-state index contributed by atoms with van der Waals surface area (Å²) in [4.78, 5) is 18.7. The summed E-state index contributed by atoms with van der Waals surface area (Å²) >= 11 is 3.49. The van der Waals surface area contributed by atoms with E-state index in [4.69, 9.17) is 4.84 Å². The molecule has 30 heavy (non-hydrogen) atoms. The van der Waals surface area contributed by atoms with Crippen molar-refractivity contribution < 1.29 is 9.63 Å². The molecule has 154 valence electrons. The maximum Gasteiger partial charge on any atom is 0.270 e. The number of rotatable bonds is 7. The van der Waals surface area contributed by atoms with Crippen LogP contribution in [0.25, 0.3) is 0 Å². The van der Waals surface area contributed by atoms with Gasteiger partial charge in [0.25, 0.3) is 5.91 Å². The van der Waals surface area contributed by atoms with Crippen LogP contribution in [0.1, 0.15) is 23.7 Å². The fourth-order valence-electron chi connectivity index (χ4n) is 3.54. The molecule has 6 heteroatoms. The van der Waals surface area contributed by atoms with Crippen molar-refractivity contribution in [2.45, 2.75) is 19.0 Å². The van der Waals surface area contributed by atoms with Crippen LogP contribution in [-0.4, -0.2) is 29.1 Å². The van der Waals surface area contributed by atoms with Gasteiger partial charge < -0.3 is 0 Å². The number of hydroxylamine groups is 2. The highest BCUT2D eigenvalue weighted by Gasteiger charge is 2.36. The maximum absolute atomic E-state index is 12.8. The first-order chi connectivity index (χ1) is 14.7. The highest BCUT2D eigenvalue weighted by molar-refractivity contribution is 9.10. The van der Waals surface area contributed by atoms with E-state index in [-0.39, 0.29) is 18.7 Å². The Balaban J connectivity index is 1.55. The number of aryl methyl sites for hydroxylation is 1. The average Bonchev–Trinajstić information content (AvgIpc) is 2.78. The zero-order chi connectivity index (χ0) is 20.8. The molecule has 1 amide bonds. The standard InChI is InChI=1S/C24H24BrN3O2/c25-21-15-13-20(14-16-21)24-27(17-7-10-19-8-3-1-4-9-19)30-18-23(29)28(24)26-22-11-5-2-6-12-22/h1-6,8-9,11-16,24,26H,7,10,17-18H2. The van der Waals surface area contributed by atoms with E-state index in [0.29, 0.717) is 6.54 Å². The van der Waals surface area contributed by atoms with Crippen LogP contribution in [0.4, 0.5) is 5.69 Å². The molecule has 0 aliphatic carbocycles. The third-order valence-corrected chi connectivity index (χ3v) is 5.55. The molecule has 1 aliphatic rings. The first-order valence-electron chi connectivity index (χ1n) is 10.0. The monoisotopic (exact) mass is 465 g/mol. The number of hydrogen-bond donors (Lipinski definition) is 1. The van der Waals surface area contributed by atoms with Gasteiger partial charge in [-0.15, -0.1) is 0 Å². The first-order valence-corrected chi connectivity index (χ1v) is 10.8. The number of benzene rings is 3. The minimum atomic E-state index is -0.365. The summed E-state index contributed by atoms with van der Waals surface area (Å²) in [6.07, 6.45) is 1.51. The molecule has 5 nitrogen and oxygen atoms in total. The molecule has 1 heterocycles. The van der Waals surface area contributed by atoms with Gasteiger partial charge in [-0.25, -0.2) is 5.01 Å². The Morgan fingerprint density at radius 2 is 1.60 bits per heavy atom. The number of carbonyl (C=O) groups excluding carboxylic acids is 1. The normalized spacial score (nSPS) is 17.2. The van der Waals surface area contributed by atoms with E-state index in [0.717, 1.165) is 28.6 Å². The van der Waals surface area contributed by atoms with E-state index in [9.17, 15) is 4.79 Å². The largest absolute Gasteiger partial charge is 0.294 e. The number of hydrazine groups is 1. The second-order valence-corrected chi connectivity index (χ2v) is 8.09. The summed E-state index contributed by atoms with van der Waals surface area (Å²) in [5, 5.41) is 3.58. The fraction of sp³-hybridized carbons (Fsp3) is 0.208. The average molecular weight is 466 g/mol. The van der Waals surface area contributed by atoms with Crippen LogP contribution in [0, 0.1) is 0 Å². The van der Waals surface area contributed by atoms with Crippen molar-refractivity contribution in [3.63, 3.8) is 0 Å². The Kier molecular flexibility index (Phi) is 6.79. The molecule has 1 saturated heterocycles. The van der Waals surface area contributed by atoms with Crippen molar-refractivity contribution in [2.24, 2.45) is 0 Å². The van der Waals surface area contributed by atoms with Crippen molar-refractivity contribution in [3.8, 4) is 0 Å². The van der Waals surface area contributed by atoms with Crippen LogP contribution in [0.3, 0.4) is 0 Å². The van der Waals surface area contributed by atoms with Gasteiger partial charge in [-0.3, -0.25) is 15.1 Å². The summed E-state index contributed by atoms with van der Waals surface area (Å²) in [7, 11) is 0. The summed E-state index contributed by atoms with van der Waals surface area (Å²) in [5.74, 6) is -0.105. The Labute approximate surface area is 185 Å². The van der Waals surface area contributed by atoms with Gasteiger partial charge in [0.2, 0.25) is 0 Å². The Hall–Kier alpha value is -2.67. The van der Waals surface area contributed by atoms with Crippen molar-refractivity contribution >= 4 is 27.5 Å². The molecular formula is C24H24BrN3O2. The van der Waals surface area contributed by atoms with E-state index in [2.05, 4.69) is 45.6 Å². The first kappa shape index (κ1) is 20.6. The van der Waals surface area contributed by atoms with Crippen molar-refractivity contribution in [3.05, 3.63) is 101 Å². The van der Waals surface area contributed by atoms with Crippen molar-refractivity contribution in [1.82, 2.24) is 10.1 Å². The van der Waals surface area contributed by atoms with Crippen LogP contribution in [-0.2, 0) is 16.1 Å². The quantitative estimate of drug-likeness (QED) is 0.521. The lowest BCUT2D eigenvalue weighted by Crippen LogP contribution is -2.54. The van der Waals surface area contributed by atoms with Crippen LogP contribution >= 0.6 is 15.9 Å². The molecule has 0 saturated carbocycles. The molecule has 3 aromatic rings. The van der Waals surface area contributed by atoms with E-state index in [1.165, 1.54) is 5.56 Å². The van der Waals surface area contributed by atoms with Gasteiger partial charge in [0, 0.05) is 11.0 Å². The van der Waals surface area contributed by atoms with Gasteiger partial charge in [0.05, 0.1) is 5.69 Å². The van der Waals surface area contributed by atoms with Crippen LogP contribution < -0.4 is 5.43 Å². The lowest BCUT2D eigenvalue weighted by molar-refractivity contribution is -0.247. The van der Waals surface area contributed by atoms with Crippen molar-refractivity contribution in [1.29, 1.82) is 0 Å². The predicted molar refractivity (Wildman–Crippen MR) is 121 cm³/mol. The Morgan fingerprint density at radius 3 is 2.30 bits per heavy atom. The number of nitrogens with one attached hydrogen (secondary N) is 1. The second kappa shape index (κ2) is 9.89.